The number of rotatable bonds is 3. The SMILES string of the molecule is O=C(O)CN1C(=O)CCC1C(=O)O.[NaH]. The van der Waals surface area contributed by atoms with Gasteiger partial charge < -0.3 is 15.1 Å². The van der Waals surface area contributed by atoms with Gasteiger partial charge in [-0.3, -0.25) is 9.59 Å². The van der Waals surface area contributed by atoms with Crippen LogP contribution < -0.4 is 0 Å². The van der Waals surface area contributed by atoms with Crippen LogP contribution >= 0.6 is 0 Å². The van der Waals surface area contributed by atoms with Crippen molar-refractivity contribution in [1.29, 1.82) is 0 Å². The van der Waals surface area contributed by atoms with E-state index in [-0.39, 0.29) is 42.4 Å². The van der Waals surface area contributed by atoms with E-state index in [4.69, 9.17) is 10.2 Å². The fraction of sp³-hybridized carbons (Fsp3) is 0.571. The van der Waals surface area contributed by atoms with E-state index in [2.05, 4.69) is 0 Å². The van der Waals surface area contributed by atoms with Crippen LogP contribution in [-0.4, -0.2) is 75.1 Å². The van der Waals surface area contributed by atoms with Gasteiger partial charge in [-0.2, -0.15) is 0 Å². The van der Waals surface area contributed by atoms with Crippen molar-refractivity contribution in [3.05, 3.63) is 0 Å². The maximum absolute atomic E-state index is 11.0. The van der Waals surface area contributed by atoms with Gasteiger partial charge in [0.05, 0.1) is 0 Å². The van der Waals surface area contributed by atoms with E-state index in [1.807, 2.05) is 0 Å². The molecule has 6 nitrogen and oxygen atoms in total. The number of nitrogens with zero attached hydrogens (tertiary/aromatic N) is 1. The molecule has 2 N–H and O–H groups in total. The minimum atomic E-state index is -1.19. The fourth-order valence-electron chi connectivity index (χ4n) is 1.33. The summed E-state index contributed by atoms with van der Waals surface area (Å²) < 4.78 is 0. The van der Waals surface area contributed by atoms with Gasteiger partial charge in [-0.25, -0.2) is 4.79 Å². The Bertz CT molecular complexity index is 267. The fourth-order valence-corrected chi connectivity index (χ4v) is 1.33. The summed E-state index contributed by atoms with van der Waals surface area (Å²) >= 11 is 0. The first-order chi connectivity index (χ1) is 6.02. The molecule has 7 heteroatoms. The van der Waals surface area contributed by atoms with E-state index in [1.54, 1.807) is 0 Å². The molecule has 14 heavy (non-hydrogen) atoms. The molecule has 1 rings (SSSR count). The molecule has 74 valence electrons. The van der Waals surface area contributed by atoms with Crippen LogP contribution in [0.25, 0.3) is 0 Å². The van der Waals surface area contributed by atoms with Crippen LogP contribution in [0.2, 0.25) is 0 Å². The summed E-state index contributed by atoms with van der Waals surface area (Å²) in [6, 6.07) is -0.969. The predicted octanol–water partition coefficient (Wildman–Crippen LogP) is -1.50. The molecule has 1 saturated heterocycles. The Kier molecular flexibility index (Phi) is 5.11. The van der Waals surface area contributed by atoms with Gasteiger partial charge in [-0.05, 0) is 6.42 Å². The first-order valence-electron chi connectivity index (χ1n) is 3.76. The zero-order valence-electron chi connectivity index (χ0n) is 6.77. The second kappa shape index (κ2) is 5.33. The number of hydrogen-bond donors (Lipinski definition) is 2. The van der Waals surface area contributed by atoms with Gasteiger partial charge in [-0.15, -0.1) is 0 Å². The van der Waals surface area contributed by atoms with Crippen molar-refractivity contribution >= 4 is 47.4 Å². The Hall–Kier alpha value is -0.590. The van der Waals surface area contributed by atoms with Gasteiger partial charge in [0, 0.05) is 6.42 Å². The van der Waals surface area contributed by atoms with Gasteiger partial charge in [0.2, 0.25) is 5.91 Å². The molecule has 0 aromatic carbocycles. The summed E-state index contributed by atoms with van der Waals surface area (Å²) in [7, 11) is 0. The van der Waals surface area contributed by atoms with Crippen LogP contribution in [0.15, 0.2) is 0 Å². The third-order valence-corrected chi connectivity index (χ3v) is 1.92. The topological polar surface area (TPSA) is 94.9 Å². The number of amides is 1. The second-order valence-electron chi connectivity index (χ2n) is 2.81. The number of hydrogen-bond acceptors (Lipinski definition) is 3. The molecule has 1 heterocycles. The number of likely N-dealkylation sites (tertiary alicyclic amines) is 1. The molecule has 1 aliphatic rings. The third-order valence-electron chi connectivity index (χ3n) is 1.92. The molecule has 0 aliphatic carbocycles. The van der Waals surface area contributed by atoms with Crippen molar-refractivity contribution in [1.82, 2.24) is 4.90 Å². The first-order valence-corrected chi connectivity index (χ1v) is 3.76. The van der Waals surface area contributed by atoms with E-state index < -0.39 is 30.4 Å². The van der Waals surface area contributed by atoms with E-state index in [9.17, 15) is 14.4 Å². The van der Waals surface area contributed by atoms with Crippen molar-refractivity contribution in [2.45, 2.75) is 18.9 Å². The van der Waals surface area contributed by atoms with Crippen LogP contribution in [0.5, 0.6) is 0 Å². The van der Waals surface area contributed by atoms with E-state index >= 15 is 0 Å². The van der Waals surface area contributed by atoms with E-state index in [0.717, 1.165) is 4.90 Å². The summed E-state index contributed by atoms with van der Waals surface area (Å²) in [6.45, 7) is -0.532. The summed E-state index contributed by atoms with van der Waals surface area (Å²) in [5.41, 5.74) is 0. The normalized spacial score (nSPS) is 20.4. The number of carboxylic acids is 2. The Morgan fingerprint density at radius 1 is 1.43 bits per heavy atom. The number of carboxylic acid groups (broad SMARTS) is 2. The molecule has 0 bridgehead atoms. The molecule has 1 aliphatic heterocycles. The van der Waals surface area contributed by atoms with E-state index in [1.165, 1.54) is 0 Å². The summed E-state index contributed by atoms with van der Waals surface area (Å²) in [4.78, 5) is 32.7. The second-order valence-corrected chi connectivity index (χ2v) is 2.81. The average Bonchev–Trinajstić information content (AvgIpc) is 2.32. The zero-order chi connectivity index (χ0) is 10.0. The number of carbonyl (C=O) groups excluding carboxylic acids is 1. The van der Waals surface area contributed by atoms with Gasteiger partial charge in [0.15, 0.2) is 0 Å². The van der Waals surface area contributed by atoms with Crippen molar-refractivity contribution in [2.75, 3.05) is 6.54 Å². The van der Waals surface area contributed by atoms with Gasteiger partial charge in [0.25, 0.3) is 0 Å². The van der Waals surface area contributed by atoms with Crippen LogP contribution in [0.1, 0.15) is 12.8 Å². The third kappa shape index (κ3) is 2.97. The van der Waals surface area contributed by atoms with Crippen LogP contribution in [0.3, 0.4) is 0 Å². The molecule has 1 atom stereocenters. The van der Waals surface area contributed by atoms with Crippen molar-refractivity contribution in [3.8, 4) is 0 Å². The standard InChI is InChI=1S/C7H9NO5.Na.H/c9-5-2-1-4(7(12)13)8(5)3-6(10)11;;/h4H,1-3H2,(H,10,11)(H,12,13);;. The molecule has 0 aromatic rings. The van der Waals surface area contributed by atoms with E-state index in [0.29, 0.717) is 0 Å². The molecule has 0 aromatic heterocycles. The monoisotopic (exact) mass is 211 g/mol. The Balaban J connectivity index is 0.00000169. The summed E-state index contributed by atoms with van der Waals surface area (Å²) in [6.07, 6.45) is 0.311. The van der Waals surface area contributed by atoms with Crippen molar-refractivity contribution < 1.29 is 24.6 Å². The van der Waals surface area contributed by atoms with Crippen molar-refractivity contribution in [2.24, 2.45) is 0 Å². The maximum atomic E-state index is 11.0. The Morgan fingerprint density at radius 3 is 2.43 bits per heavy atom. The van der Waals surface area contributed by atoms with Gasteiger partial charge >= 0.3 is 41.5 Å². The minimum absolute atomic E-state index is 0. The van der Waals surface area contributed by atoms with Gasteiger partial charge in [0.1, 0.15) is 12.6 Å². The number of carbonyl (C=O) groups is 3. The molecule has 1 fully saturated rings. The molecule has 1 unspecified atom stereocenters. The molecule has 1 amide bonds. The first kappa shape index (κ1) is 13.4. The van der Waals surface area contributed by atoms with Crippen LogP contribution in [0, 0.1) is 0 Å². The molecular weight excluding hydrogens is 201 g/mol. The molecule has 0 saturated carbocycles. The zero-order valence-corrected chi connectivity index (χ0v) is 6.77. The average molecular weight is 211 g/mol. The summed E-state index contributed by atoms with van der Waals surface area (Å²) in [5.74, 6) is -2.75. The van der Waals surface area contributed by atoms with Crippen LogP contribution in [0.4, 0.5) is 0 Å². The van der Waals surface area contributed by atoms with Crippen molar-refractivity contribution in [3.63, 3.8) is 0 Å². The number of aliphatic carboxylic acids is 2. The van der Waals surface area contributed by atoms with Crippen LogP contribution in [-0.2, 0) is 14.4 Å². The Labute approximate surface area is 102 Å². The summed E-state index contributed by atoms with van der Waals surface area (Å²) in [5, 5.41) is 17.0. The quantitative estimate of drug-likeness (QED) is 0.554. The van der Waals surface area contributed by atoms with Gasteiger partial charge in [-0.1, -0.05) is 0 Å². The molecular formula is C7H10NNaO5. The molecule has 0 spiro atoms. The predicted molar refractivity (Wildman–Crippen MR) is 47.2 cm³/mol. The molecule has 0 radical (unpaired) electrons. The Morgan fingerprint density at radius 2 is 2.00 bits per heavy atom.